The van der Waals surface area contributed by atoms with Crippen LogP contribution in [0.15, 0.2) is 54.6 Å². The largest absolute Gasteiger partial charge is 0.497 e. The average Bonchev–Trinajstić information content (AvgIpc) is 3.67. The second-order valence-electron chi connectivity index (χ2n) is 10.2. The number of rotatable bonds is 7. The molecule has 1 amide bonds. The third kappa shape index (κ3) is 5.19. The third-order valence-corrected chi connectivity index (χ3v) is 8.00. The van der Waals surface area contributed by atoms with Gasteiger partial charge in [0.25, 0.3) is 0 Å². The van der Waals surface area contributed by atoms with Crippen LogP contribution in [0.2, 0.25) is 0 Å². The normalized spacial score (nSPS) is 27.4. The first-order valence-electron chi connectivity index (χ1n) is 12.5. The van der Waals surface area contributed by atoms with E-state index in [0.29, 0.717) is 12.5 Å². The highest BCUT2D eigenvalue weighted by Crippen LogP contribution is 2.50. The molecule has 3 atom stereocenters. The minimum Gasteiger partial charge on any atom is -0.497 e. The third-order valence-electron chi connectivity index (χ3n) is 8.00. The Hall–Kier alpha value is -2.53. The fourth-order valence-corrected chi connectivity index (χ4v) is 6.04. The number of fused-ring (bicyclic) bond motifs is 1. The molecule has 3 fully saturated rings. The lowest BCUT2D eigenvalue weighted by Gasteiger charge is -2.53. The van der Waals surface area contributed by atoms with Gasteiger partial charge >= 0.3 is 6.09 Å². The summed E-state index contributed by atoms with van der Waals surface area (Å²) in [5.41, 5.74) is 2.44. The molecule has 2 aromatic carbocycles. The number of carbonyl (C=O) groups is 1. The maximum absolute atomic E-state index is 12.6. The first-order chi connectivity index (χ1) is 16.1. The zero-order chi connectivity index (χ0) is 22.7. The fraction of sp³-hybridized carbons (Fsp3) is 0.536. The van der Waals surface area contributed by atoms with Gasteiger partial charge in [0.1, 0.15) is 12.4 Å². The molecule has 176 valence electrons. The highest BCUT2D eigenvalue weighted by atomic mass is 16.5. The van der Waals surface area contributed by atoms with E-state index in [0.717, 1.165) is 49.5 Å². The van der Waals surface area contributed by atoms with Gasteiger partial charge < -0.3 is 19.7 Å². The summed E-state index contributed by atoms with van der Waals surface area (Å²) >= 11 is 0. The molecule has 2 aliphatic carbocycles. The van der Waals surface area contributed by atoms with Crippen LogP contribution in [0, 0.1) is 11.8 Å². The molecule has 0 unspecified atom stereocenters. The Morgan fingerprint density at radius 2 is 1.94 bits per heavy atom. The van der Waals surface area contributed by atoms with Gasteiger partial charge in [-0.2, -0.15) is 0 Å². The van der Waals surface area contributed by atoms with Crippen molar-refractivity contribution in [3.05, 3.63) is 65.7 Å². The summed E-state index contributed by atoms with van der Waals surface area (Å²) in [7, 11) is 1.74. The van der Waals surface area contributed by atoms with Crippen molar-refractivity contribution in [2.45, 2.75) is 56.6 Å². The van der Waals surface area contributed by atoms with E-state index in [1.807, 2.05) is 36.4 Å². The van der Waals surface area contributed by atoms with Crippen molar-refractivity contribution >= 4 is 6.09 Å². The van der Waals surface area contributed by atoms with Gasteiger partial charge in [0.2, 0.25) is 0 Å². The number of piperidine rings is 1. The number of nitrogens with one attached hydrogen (secondary N) is 1. The zero-order valence-electron chi connectivity index (χ0n) is 19.7. The lowest BCUT2D eigenvalue weighted by atomic mass is 9.58. The molecule has 0 spiro atoms. The summed E-state index contributed by atoms with van der Waals surface area (Å²) in [5, 5.41) is 3.19. The fourth-order valence-electron chi connectivity index (χ4n) is 6.04. The molecule has 1 heterocycles. The molecular weight excluding hydrogens is 412 g/mol. The molecule has 1 N–H and O–H groups in total. The number of methoxy groups -OCH3 is 1. The first-order valence-corrected chi connectivity index (χ1v) is 12.5. The Morgan fingerprint density at radius 1 is 1.09 bits per heavy atom. The predicted octanol–water partition coefficient (Wildman–Crippen LogP) is 5.14. The van der Waals surface area contributed by atoms with Gasteiger partial charge in [-0.1, -0.05) is 42.5 Å². The number of ether oxygens (including phenoxy) is 2. The number of nitrogens with zero attached hydrogens (tertiary/aromatic N) is 1. The van der Waals surface area contributed by atoms with E-state index in [4.69, 9.17) is 9.47 Å². The van der Waals surface area contributed by atoms with Crippen LogP contribution in [0.25, 0.3) is 0 Å². The maximum Gasteiger partial charge on any atom is 0.407 e. The number of carbonyl (C=O) groups excluding carboxylic acids is 1. The molecule has 0 radical (unpaired) electrons. The molecular formula is C28H36N2O3. The molecule has 5 rings (SSSR count). The molecule has 5 heteroatoms. The van der Waals surface area contributed by atoms with Gasteiger partial charge in [0.15, 0.2) is 0 Å². The maximum atomic E-state index is 12.6. The van der Waals surface area contributed by atoms with E-state index in [-0.39, 0.29) is 17.6 Å². The van der Waals surface area contributed by atoms with Crippen LogP contribution in [0.4, 0.5) is 4.79 Å². The molecule has 2 aromatic rings. The second-order valence-corrected chi connectivity index (χ2v) is 10.2. The Morgan fingerprint density at radius 3 is 2.73 bits per heavy atom. The summed E-state index contributed by atoms with van der Waals surface area (Å²) in [5.74, 6) is 2.44. The molecule has 3 aliphatic rings. The van der Waals surface area contributed by atoms with Crippen LogP contribution in [0.1, 0.15) is 49.7 Å². The van der Waals surface area contributed by atoms with Gasteiger partial charge in [0, 0.05) is 24.5 Å². The molecule has 0 aromatic heterocycles. The van der Waals surface area contributed by atoms with Crippen molar-refractivity contribution < 1.29 is 14.3 Å². The topological polar surface area (TPSA) is 50.8 Å². The number of amides is 1. The van der Waals surface area contributed by atoms with Crippen molar-refractivity contribution in [1.29, 1.82) is 0 Å². The second kappa shape index (κ2) is 9.76. The van der Waals surface area contributed by atoms with Gasteiger partial charge in [-0.25, -0.2) is 4.79 Å². The van der Waals surface area contributed by atoms with Crippen molar-refractivity contribution in [2.24, 2.45) is 11.8 Å². The SMILES string of the molecule is COc1cccc([C@@]23CCN(CC4CC4)C[C@H]2CC[C@@H](NC(=O)OCc2ccccc2)C3)c1. The van der Waals surface area contributed by atoms with Crippen molar-refractivity contribution in [2.75, 3.05) is 26.7 Å². The van der Waals surface area contributed by atoms with E-state index in [9.17, 15) is 4.79 Å². The molecule has 5 nitrogen and oxygen atoms in total. The number of likely N-dealkylation sites (tertiary alicyclic amines) is 1. The summed E-state index contributed by atoms with van der Waals surface area (Å²) in [6, 6.07) is 18.6. The predicted molar refractivity (Wildman–Crippen MR) is 129 cm³/mol. The highest BCUT2D eigenvalue weighted by Gasteiger charge is 2.48. The van der Waals surface area contributed by atoms with Gasteiger partial charge in [-0.15, -0.1) is 0 Å². The van der Waals surface area contributed by atoms with E-state index in [2.05, 4.69) is 28.4 Å². The molecule has 2 saturated carbocycles. The molecule has 33 heavy (non-hydrogen) atoms. The van der Waals surface area contributed by atoms with Crippen LogP contribution < -0.4 is 10.1 Å². The van der Waals surface area contributed by atoms with Crippen LogP contribution in [0.5, 0.6) is 5.75 Å². The summed E-state index contributed by atoms with van der Waals surface area (Å²) in [6.07, 6.45) is 6.72. The lowest BCUT2D eigenvalue weighted by molar-refractivity contribution is 0.0398. The molecule has 0 bridgehead atoms. The quantitative estimate of drug-likeness (QED) is 0.637. The smallest absolute Gasteiger partial charge is 0.407 e. The van der Waals surface area contributed by atoms with Crippen LogP contribution >= 0.6 is 0 Å². The number of hydrogen-bond acceptors (Lipinski definition) is 4. The Kier molecular flexibility index (Phi) is 6.59. The summed E-state index contributed by atoms with van der Waals surface area (Å²) in [6.45, 7) is 3.87. The zero-order valence-corrected chi connectivity index (χ0v) is 19.7. The van der Waals surface area contributed by atoms with Crippen molar-refractivity contribution in [3.63, 3.8) is 0 Å². The van der Waals surface area contributed by atoms with Gasteiger partial charge in [-0.05, 0) is 80.2 Å². The van der Waals surface area contributed by atoms with E-state index < -0.39 is 0 Å². The van der Waals surface area contributed by atoms with Gasteiger partial charge in [0.05, 0.1) is 7.11 Å². The van der Waals surface area contributed by atoms with E-state index in [1.54, 1.807) is 7.11 Å². The van der Waals surface area contributed by atoms with Crippen molar-refractivity contribution in [3.8, 4) is 5.75 Å². The molecule has 1 saturated heterocycles. The number of alkyl carbamates (subject to hydrolysis) is 1. The lowest BCUT2D eigenvalue weighted by Crippen LogP contribution is -2.56. The van der Waals surface area contributed by atoms with Crippen LogP contribution in [-0.2, 0) is 16.8 Å². The monoisotopic (exact) mass is 448 g/mol. The number of benzene rings is 2. The Bertz CT molecular complexity index is 945. The van der Waals surface area contributed by atoms with Crippen molar-refractivity contribution in [1.82, 2.24) is 10.2 Å². The minimum absolute atomic E-state index is 0.0736. The van der Waals surface area contributed by atoms with Crippen LogP contribution in [-0.4, -0.2) is 43.8 Å². The van der Waals surface area contributed by atoms with E-state index in [1.165, 1.54) is 31.5 Å². The first kappa shape index (κ1) is 22.3. The summed E-state index contributed by atoms with van der Waals surface area (Å²) in [4.78, 5) is 15.3. The van der Waals surface area contributed by atoms with Crippen LogP contribution in [0.3, 0.4) is 0 Å². The average molecular weight is 449 g/mol. The number of hydrogen-bond donors (Lipinski definition) is 1. The standard InChI is InChI=1S/C28H36N2O3/c1-32-26-9-5-8-23(16-26)28-14-15-30(18-21-10-11-21)19-24(28)12-13-25(17-28)29-27(31)33-20-22-6-3-2-4-7-22/h2-9,16,21,24-25H,10-15,17-20H2,1H3,(H,29,31)/t24-,25-,28+/m1/s1. The minimum atomic E-state index is -0.311. The highest BCUT2D eigenvalue weighted by molar-refractivity contribution is 5.67. The molecule has 1 aliphatic heterocycles. The van der Waals surface area contributed by atoms with E-state index >= 15 is 0 Å². The van der Waals surface area contributed by atoms with Gasteiger partial charge in [-0.3, -0.25) is 0 Å². The Balaban J connectivity index is 1.29. The summed E-state index contributed by atoms with van der Waals surface area (Å²) < 4.78 is 11.1. The Labute approximate surface area is 197 Å².